The zero-order valence-electron chi connectivity index (χ0n) is 15.2. The van der Waals surface area contributed by atoms with Crippen molar-refractivity contribution in [3.8, 4) is 0 Å². The lowest BCUT2D eigenvalue weighted by Gasteiger charge is -2.32. The summed E-state index contributed by atoms with van der Waals surface area (Å²) in [4.78, 5) is 40.5. The lowest BCUT2D eigenvalue weighted by atomic mass is 9.92. The van der Waals surface area contributed by atoms with Crippen molar-refractivity contribution in [1.82, 2.24) is 15.1 Å². The monoisotopic (exact) mass is 365 g/mol. The smallest absolute Gasteiger partial charge is 0.325 e. The number of rotatable bonds is 5. The van der Waals surface area contributed by atoms with Crippen molar-refractivity contribution >= 4 is 29.4 Å². The summed E-state index contributed by atoms with van der Waals surface area (Å²) in [5, 5.41) is 3.06. The van der Waals surface area contributed by atoms with Gasteiger partial charge in [-0.25, -0.2) is 4.79 Å². The zero-order valence-corrected chi connectivity index (χ0v) is 15.9. The summed E-state index contributed by atoms with van der Waals surface area (Å²) in [6.45, 7) is 8.91. The van der Waals surface area contributed by atoms with E-state index in [0.29, 0.717) is 10.6 Å². The minimum absolute atomic E-state index is 0.0248. The molecule has 0 radical (unpaired) electrons. The van der Waals surface area contributed by atoms with Gasteiger partial charge in [0.1, 0.15) is 12.1 Å². The number of nitrogens with one attached hydrogen (secondary N) is 1. The first-order valence-electron chi connectivity index (χ1n) is 8.30. The third-order valence-corrected chi connectivity index (χ3v) is 4.71. The predicted octanol–water partition coefficient (Wildman–Crippen LogP) is 2.75. The van der Waals surface area contributed by atoms with Crippen LogP contribution in [0.2, 0.25) is 5.02 Å². The highest BCUT2D eigenvalue weighted by Gasteiger charge is 2.50. The highest BCUT2D eigenvalue weighted by atomic mass is 35.5. The summed E-state index contributed by atoms with van der Waals surface area (Å²) >= 11 is 6.20. The SMILES string of the molecule is CC(C)N(C(=O)CN1C(=O)N[C@](C)(c2ccccc2Cl)C1=O)C(C)C. The summed E-state index contributed by atoms with van der Waals surface area (Å²) in [7, 11) is 0. The number of benzene rings is 1. The van der Waals surface area contributed by atoms with Crippen LogP contribution in [0.25, 0.3) is 0 Å². The Bertz CT molecular complexity index is 697. The molecule has 0 aliphatic carbocycles. The van der Waals surface area contributed by atoms with Crippen LogP contribution in [-0.2, 0) is 15.1 Å². The second kappa shape index (κ2) is 7.04. The van der Waals surface area contributed by atoms with Gasteiger partial charge in [-0.3, -0.25) is 14.5 Å². The molecule has 1 aliphatic heterocycles. The van der Waals surface area contributed by atoms with Gasteiger partial charge in [-0.05, 0) is 40.7 Å². The molecule has 1 heterocycles. The maximum absolute atomic E-state index is 12.9. The first-order chi connectivity index (χ1) is 11.6. The molecule has 1 atom stereocenters. The summed E-state index contributed by atoms with van der Waals surface area (Å²) < 4.78 is 0. The summed E-state index contributed by atoms with van der Waals surface area (Å²) in [5.41, 5.74) is -0.773. The van der Waals surface area contributed by atoms with Gasteiger partial charge in [-0.2, -0.15) is 0 Å². The quantitative estimate of drug-likeness (QED) is 0.816. The van der Waals surface area contributed by atoms with Crippen LogP contribution in [0.3, 0.4) is 0 Å². The fourth-order valence-corrected chi connectivity index (χ4v) is 3.60. The molecule has 1 aromatic rings. The Kier molecular flexibility index (Phi) is 5.42. The number of halogens is 1. The molecule has 0 spiro atoms. The Morgan fingerprint density at radius 1 is 1.20 bits per heavy atom. The average Bonchev–Trinajstić information content (AvgIpc) is 2.71. The van der Waals surface area contributed by atoms with E-state index in [1.165, 1.54) is 0 Å². The molecule has 0 saturated carbocycles. The Hall–Kier alpha value is -2.08. The molecular weight excluding hydrogens is 342 g/mol. The van der Waals surface area contributed by atoms with Gasteiger partial charge in [0.25, 0.3) is 5.91 Å². The second-order valence-corrected chi connectivity index (χ2v) is 7.32. The molecule has 2 rings (SSSR count). The van der Waals surface area contributed by atoms with E-state index in [9.17, 15) is 14.4 Å². The average molecular weight is 366 g/mol. The van der Waals surface area contributed by atoms with Crippen LogP contribution in [0.1, 0.15) is 40.2 Å². The molecule has 136 valence electrons. The molecule has 0 bridgehead atoms. The maximum atomic E-state index is 12.9. The van der Waals surface area contributed by atoms with E-state index < -0.39 is 17.5 Å². The van der Waals surface area contributed by atoms with Crippen molar-refractivity contribution < 1.29 is 14.4 Å². The third-order valence-electron chi connectivity index (χ3n) is 4.38. The molecule has 1 aromatic carbocycles. The number of amides is 4. The second-order valence-electron chi connectivity index (χ2n) is 6.91. The van der Waals surface area contributed by atoms with Gasteiger partial charge < -0.3 is 10.2 Å². The van der Waals surface area contributed by atoms with E-state index in [2.05, 4.69) is 5.32 Å². The van der Waals surface area contributed by atoms with Gasteiger partial charge in [-0.1, -0.05) is 29.8 Å². The van der Waals surface area contributed by atoms with Gasteiger partial charge >= 0.3 is 6.03 Å². The Morgan fingerprint density at radius 2 is 1.76 bits per heavy atom. The predicted molar refractivity (Wildman–Crippen MR) is 96.2 cm³/mol. The van der Waals surface area contributed by atoms with E-state index in [4.69, 9.17) is 11.6 Å². The van der Waals surface area contributed by atoms with Crippen LogP contribution in [0, 0.1) is 0 Å². The minimum Gasteiger partial charge on any atom is -0.336 e. The normalized spacial score (nSPS) is 20.4. The lowest BCUT2D eigenvalue weighted by molar-refractivity contribution is -0.141. The van der Waals surface area contributed by atoms with Crippen LogP contribution in [0.4, 0.5) is 4.79 Å². The summed E-state index contributed by atoms with van der Waals surface area (Å²) in [6.07, 6.45) is 0. The van der Waals surface area contributed by atoms with Gasteiger partial charge in [0.05, 0.1) is 0 Å². The van der Waals surface area contributed by atoms with Crippen molar-refractivity contribution in [2.24, 2.45) is 0 Å². The number of carbonyl (C=O) groups excluding carboxylic acids is 3. The highest BCUT2D eigenvalue weighted by molar-refractivity contribution is 6.32. The highest BCUT2D eigenvalue weighted by Crippen LogP contribution is 2.33. The number of carbonyl (C=O) groups is 3. The van der Waals surface area contributed by atoms with Gasteiger partial charge in [0.2, 0.25) is 5.91 Å². The Labute approximate surface area is 153 Å². The molecule has 25 heavy (non-hydrogen) atoms. The van der Waals surface area contributed by atoms with Gasteiger partial charge in [0.15, 0.2) is 0 Å². The van der Waals surface area contributed by atoms with Crippen LogP contribution >= 0.6 is 11.6 Å². The molecule has 1 fully saturated rings. The van der Waals surface area contributed by atoms with Crippen LogP contribution in [-0.4, -0.2) is 46.3 Å². The number of hydrogen-bond donors (Lipinski definition) is 1. The van der Waals surface area contributed by atoms with E-state index in [0.717, 1.165) is 4.90 Å². The first-order valence-corrected chi connectivity index (χ1v) is 8.67. The standard InChI is InChI=1S/C18H24ClN3O3/c1-11(2)22(12(3)4)15(23)10-21-16(24)18(5,20-17(21)25)13-8-6-7-9-14(13)19/h6-9,11-12H,10H2,1-5H3,(H,20,25)/t18-/m1/s1. The molecule has 0 unspecified atom stereocenters. The molecule has 4 amide bonds. The fraction of sp³-hybridized carbons (Fsp3) is 0.500. The molecule has 6 nitrogen and oxygen atoms in total. The maximum Gasteiger partial charge on any atom is 0.325 e. The van der Waals surface area contributed by atoms with E-state index in [-0.39, 0.29) is 24.5 Å². The number of urea groups is 1. The largest absolute Gasteiger partial charge is 0.336 e. The van der Waals surface area contributed by atoms with Gasteiger partial charge in [0, 0.05) is 22.7 Å². The van der Waals surface area contributed by atoms with E-state index >= 15 is 0 Å². The molecule has 1 aliphatic rings. The minimum atomic E-state index is -1.28. The Balaban J connectivity index is 2.27. The van der Waals surface area contributed by atoms with Crippen LogP contribution in [0.5, 0.6) is 0 Å². The van der Waals surface area contributed by atoms with Crippen LogP contribution in [0.15, 0.2) is 24.3 Å². The van der Waals surface area contributed by atoms with Crippen LogP contribution < -0.4 is 5.32 Å². The van der Waals surface area contributed by atoms with Crippen molar-refractivity contribution in [2.75, 3.05) is 6.54 Å². The zero-order chi connectivity index (χ0) is 18.9. The van der Waals surface area contributed by atoms with Crippen molar-refractivity contribution in [2.45, 2.75) is 52.2 Å². The molecule has 1 N–H and O–H groups in total. The molecule has 0 aromatic heterocycles. The molecule has 7 heteroatoms. The van der Waals surface area contributed by atoms with Crippen molar-refractivity contribution in [3.63, 3.8) is 0 Å². The third kappa shape index (κ3) is 3.49. The van der Waals surface area contributed by atoms with E-state index in [1.54, 1.807) is 36.1 Å². The summed E-state index contributed by atoms with van der Waals surface area (Å²) in [6, 6.07) is 6.22. The molecule has 1 saturated heterocycles. The number of hydrogen-bond acceptors (Lipinski definition) is 3. The molecular formula is C18H24ClN3O3. The number of nitrogens with zero attached hydrogens (tertiary/aromatic N) is 2. The summed E-state index contributed by atoms with van der Waals surface area (Å²) in [5.74, 6) is -0.747. The van der Waals surface area contributed by atoms with Gasteiger partial charge in [-0.15, -0.1) is 0 Å². The first kappa shape index (κ1) is 19.2. The Morgan fingerprint density at radius 3 is 2.28 bits per heavy atom. The fourth-order valence-electron chi connectivity index (χ4n) is 3.28. The number of imide groups is 1. The topological polar surface area (TPSA) is 69.7 Å². The van der Waals surface area contributed by atoms with Crippen molar-refractivity contribution in [1.29, 1.82) is 0 Å². The lowest BCUT2D eigenvalue weighted by Crippen LogP contribution is -2.49. The van der Waals surface area contributed by atoms with E-state index in [1.807, 2.05) is 27.7 Å². The van der Waals surface area contributed by atoms with Crippen molar-refractivity contribution in [3.05, 3.63) is 34.9 Å².